The molecule has 0 fully saturated rings. The summed E-state index contributed by atoms with van der Waals surface area (Å²) in [7, 11) is 1.58. The zero-order chi connectivity index (χ0) is 14.3. The van der Waals surface area contributed by atoms with E-state index in [2.05, 4.69) is 10.2 Å². The average molecular weight is 325 g/mol. The molecule has 0 amide bonds. The number of nitrogen functional groups attached to an aromatic ring is 1. The highest BCUT2D eigenvalue weighted by Crippen LogP contribution is 2.27. The number of hydrogen-bond acceptors (Lipinski definition) is 4. The molecule has 0 saturated carbocycles. The first-order chi connectivity index (χ1) is 9.58. The van der Waals surface area contributed by atoms with Crippen molar-refractivity contribution in [1.29, 1.82) is 0 Å². The largest absolute Gasteiger partial charge is 0.495 e. The SMILES string of the molecule is COc1ccc(-n2nc3cc(C)c(N)cc3n2)cc1Cl.Cl. The van der Waals surface area contributed by atoms with Gasteiger partial charge >= 0.3 is 0 Å². The zero-order valence-corrected chi connectivity index (χ0v) is 13.1. The van der Waals surface area contributed by atoms with E-state index in [1.807, 2.05) is 25.1 Å². The minimum absolute atomic E-state index is 0. The first kappa shape index (κ1) is 15.4. The Labute approximate surface area is 133 Å². The lowest BCUT2D eigenvalue weighted by Crippen LogP contribution is -1.98. The molecule has 0 radical (unpaired) electrons. The van der Waals surface area contributed by atoms with E-state index in [-0.39, 0.29) is 12.4 Å². The third kappa shape index (κ3) is 2.75. The van der Waals surface area contributed by atoms with E-state index < -0.39 is 0 Å². The Hall–Kier alpha value is -1.98. The molecule has 0 aliphatic carbocycles. The maximum atomic E-state index is 6.11. The van der Waals surface area contributed by atoms with Crippen molar-refractivity contribution >= 4 is 40.7 Å². The van der Waals surface area contributed by atoms with Crippen LogP contribution in [0.4, 0.5) is 5.69 Å². The van der Waals surface area contributed by atoms with Crippen LogP contribution in [0.3, 0.4) is 0 Å². The van der Waals surface area contributed by atoms with Crippen LogP contribution >= 0.6 is 24.0 Å². The fourth-order valence-corrected chi connectivity index (χ4v) is 2.23. The van der Waals surface area contributed by atoms with Crippen molar-refractivity contribution in [2.45, 2.75) is 6.92 Å². The van der Waals surface area contributed by atoms with Crippen LogP contribution in [0.1, 0.15) is 5.56 Å². The van der Waals surface area contributed by atoms with Crippen LogP contribution in [-0.4, -0.2) is 22.1 Å². The number of nitrogens with two attached hydrogens (primary N) is 1. The van der Waals surface area contributed by atoms with Crippen LogP contribution in [0.25, 0.3) is 16.7 Å². The van der Waals surface area contributed by atoms with E-state index in [0.717, 1.165) is 22.3 Å². The number of ether oxygens (including phenoxy) is 1. The molecule has 0 bridgehead atoms. The summed E-state index contributed by atoms with van der Waals surface area (Å²) in [5.41, 5.74) is 9.88. The molecule has 7 heteroatoms. The van der Waals surface area contributed by atoms with Gasteiger partial charge in [0.2, 0.25) is 0 Å². The highest BCUT2D eigenvalue weighted by atomic mass is 35.5. The Balaban J connectivity index is 0.00000161. The number of rotatable bonds is 2. The van der Waals surface area contributed by atoms with Gasteiger partial charge < -0.3 is 10.5 Å². The molecule has 0 aliphatic rings. The van der Waals surface area contributed by atoms with Gasteiger partial charge in [-0.1, -0.05) is 11.6 Å². The Morgan fingerprint density at radius 2 is 1.81 bits per heavy atom. The Kier molecular flexibility index (Phi) is 4.25. The van der Waals surface area contributed by atoms with Gasteiger partial charge in [0.05, 0.1) is 17.8 Å². The van der Waals surface area contributed by atoms with Gasteiger partial charge in [-0.05, 0) is 42.8 Å². The highest BCUT2D eigenvalue weighted by Gasteiger charge is 2.09. The first-order valence-electron chi connectivity index (χ1n) is 6.05. The quantitative estimate of drug-likeness (QED) is 0.734. The highest BCUT2D eigenvalue weighted by molar-refractivity contribution is 6.32. The molecular weight excluding hydrogens is 311 g/mol. The van der Waals surface area contributed by atoms with E-state index in [1.165, 1.54) is 4.80 Å². The molecule has 0 unspecified atom stereocenters. The Morgan fingerprint density at radius 3 is 2.43 bits per heavy atom. The molecule has 21 heavy (non-hydrogen) atoms. The number of benzene rings is 2. The van der Waals surface area contributed by atoms with E-state index in [9.17, 15) is 0 Å². The summed E-state index contributed by atoms with van der Waals surface area (Å²) in [6.07, 6.45) is 0. The van der Waals surface area contributed by atoms with Gasteiger partial charge in [0.25, 0.3) is 0 Å². The van der Waals surface area contributed by atoms with Gasteiger partial charge in [0.15, 0.2) is 0 Å². The molecule has 3 rings (SSSR count). The second kappa shape index (κ2) is 5.79. The van der Waals surface area contributed by atoms with Crippen molar-refractivity contribution in [1.82, 2.24) is 15.0 Å². The molecular formula is C14H14Cl2N4O. The number of nitrogens with zero attached hydrogens (tertiary/aromatic N) is 3. The van der Waals surface area contributed by atoms with Gasteiger partial charge in [-0.25, -0.2) is 0 Å². The number of halogens is 2. The Morgan fingerprint density at radius 1 is 1.14 bits per heavy atom. The number of anilines is 1. The summed E-state index contributed by atoms with van der Waals surface area (Å²) < 4.78 is 5.13. The van der Waals surface area contributed by atoms with E-state index in [4.69, 9.17) is 22.1 Å². The molecule has 110 valence electrons. The first-order valence-corrected chi connectivity index (χ1v) is 6.43. The van der Waals surface area contributed by atoms with Crippen LogP contribution in [0.5, 0.6) is 5.75 Å². The lowest BCUT2D eigenvalue weighted by atomic mass is 10.2. The monoisotopic (exact) mass is 324 g/mol. The molecule has 3 aromatic rings. The predicted molar refractivity (Wildman–Crippen MR) is 86.8 cm³/mol. The van der Waals surface area contributed by atoms with Gasteiger partial charge in [0, 0.05) is 5.69 Å². The number of aromatic nitrogens is 3. The number of fused-ring (bicyclic) bond motifs is 1. The molecule has 1 aromatic heterocycles. The van der Waals surface area contributed by atoms with Gasteiger partial charge in [-0.3, -0.25) is 0 Å². The minimum atomic E-state index is 0. The van der Waals surface area contributed by atoms with Gasteiger partial charge in [0.1, 0.15) is 16.8 Å². The second-order valence-corrected chi connectivity index (χ2v) is 4.91. The maximum Gasteiger partial charge on any atom is 0.137 e. The molecule has 5 nitrogen and oxygen atoms in total. The van der Waals surface area contributed by atoms with Gasteiger partial charge in [-0.2, -0.15) is 4.80 Å². The standard InChI is InChI=1S/C14H13ClN4O.ClH/c1-8-5-12-13(7-11(8)16)18-19(17-12)9-3-4-14(20-2)10(15)6-9;/h3-7H,16H2,1-2H3;1H. The number of methoxy groups -OCH3 is 1. The van der Waals surface area contributed by atoms with Crippen molar-refractivity contribution in [3.8, 4) is 11.4 Å². The molecule has 2 N–H and O–H groups in total. The van der Waals surface area contributed by atoms with Crippen LogP contribution in [0, 0.1) is 6.92 Å². The maximum absolute atomic E-state index is 6.11. The van der Waals surface area contributed by atoms with Gasteiger partial charge in [-0.15, -0.1) is 22.6 Å². The summed E-state index contributed by atoms with van der Waals surface area (Å²) >= 11 is 6.11. The summed E-state index contributed by atoms with van der Waals surface area (Å²) in [6, 6.07) is 9.12. The van der Waals surface area contributed by atoms with Crippen LogP contribution < -0.4 is 10.5 Å². The van der Waals surface area contributed by atoms with Crippen molar-refractivity contribution in [3.05, 3.63) is 40.9 Å². The topological polar surface area (TPSA) is 66.0 Å². The van der Waals surface area contributed by atoms with E-state index in [0.29, 0.717) is 16.5 Å². The van der Waals surface area contributed by atoms with Crippen molar-refractivity contribution in [3.63, 3.8) is 0 Å². The summed E-state index contributed by atoms with van der Waals surface area (Å²) in [6.45, 7) is 1.94. The number of hydrogen-bond donors (Lipinski definition) is 1. The van der Waals surface area contributed by atoms with E-state index >= 15 is 0 Å². The number of aryl methyl sites for hydroxylation is 1. The lowest BCUT2D eigenvalue weighted by molar-refractivity contribution is 0.415. The minimum Gasteiger partial charge on any atom is -0.495 e. The van der Waals surface area contributed by atoms with Crippen molar-refractivity contribution in [2.75, 3.05) is 12.8 Å². The van der Waals surface area contributed by atoms with Crippen LogP contribution in [-0.2, 0) is 0 Å². The molecule has 2 aromatic carbocycles. The Bertz CT molecular complexity index is 762. The molecule has 0 spiro atoms. The van der Waals surface area contributed by atoms with Crippen molar-refractivity contribution < 1.29 is 4.74 Å². The third-order valence-electron chi connectivity index (χ3n) is 3.13. The fourth-order valence-electron chi connectivity index (χ4n) is 1.98. The summed E-state index contributed by atoms with van der Waals surface area (Å²) in [5, 5.41) is 9.36. The molecule has 1 heterocycles. The smallest absolute Gasteiger partial charge is 0.137 e. The zero-order valence-electron chi connectivity index (χ0n) is 11.5. The van der Waals surface area contributed by atoms with Crippen LogP contribution in [0.15, 0.2) is 30.3 Å². The molecule has 0 aliphatic heterocycles. The molecule has 0 atom stereocenters. The normalized spacial score (nSPS) is 10.4. The second-order valence-electron chi connectivity index (χ2n) is 4.51. The van der Waals surface area contributed by atoms with Crippen molar-refractivity contribution in [2.24, 2.45) is 0 Å². The lowest BCUT2D eigenvalue weighted by Gasteiger charge is -2.04. The van der Waals surface area contributed by atoms with Crippen LogP contribution in [0.2, 0.25) is 5.02 Å². The third-order valence-corrected chi connectivity index (χ3v) is 3.43. The molecule has 0 saturated heterocycles. The van der Waals surface area contributed by atoms with E-state index in [1.54, 1.807) is 19.2 Å². The summed E-state index contributed by atoms with van der Waals surface area (Å²) in [4.78, 5) is 1.54. The summed E-state index contributed by atoms with van der Waals surface area (Å²) in [5.74, 6) is 0.618. The average Bonchev–Trinajstić information content (AvgIpc) is 2.82. The fraction of sp³-hybridized carbons (Fsp3) is 0.143. The predicted octanol–water partition coefficient (Wildman–Crippen LogP) is 3.39.